The van der Waals surface area contributed by atoms with Gasteiger partial charge in [-0.25, -0.2) is 0 Å². The quantitative estimate of drug-likeness (QED) is 0.492. The fraction of sp³-hybridized carbons (Fsp3) is 0.250. The molecule has 0 aromatic heterocycles. The summed E-state index contributed by atoms with van der Waals surface area (Å²) in [7, 11) is 0. The van der Waals surface area contributed by atoms with E-state index >= 15 is 0 Å². The third kappa shape index (κ3) is 1.72. The van der Waals surface area contributed by atoms with Gasteiger partial charge in [0.25, 0.3) is 0 Å². The van der Waals surface area contributed by atoms with E-state index in [0.29, 0.717) is 0 Å². The maximum Gasteiger partial charge on any atom is 0.0559 e. The van der Waals surface area contributed by atoms with Gasteiger partial charge in [-0.3, -0.25) is 0 Å². The fourth-order valence-corrected chi connectivity index (χ4v) is 1.07. The second kappa shape index (κ2) is 2.88. The Bertz CT molecular complexity index is 165. The average molecular weight is 141 g/mol. The first-order chi connectivity index (χ1) is 4.33. The monoisotopic (exact) mass is 140 g/mol. The number of hydrogen-bond acceptors (Lipinski definition) is 0. The summed E-state index contributed by atoms with van der Waals surface area (Å²) in [4.78, 5) is 0. The minimum absolute atomic E-state index is 0.169. The van der Waals surface area contributed by atoms with Gasteiger partial charge in [0.1, 0.15) is 0 Å². The molecule has 1 unspecified atom stereocenters. The lowest BCUT2D eigenvalue weighted by Crippen LogP contribution is -1.97. The van der Waals surface area contributed by atoms with Crippen molar-refractivity contribution in [2.24, 2.45) is 0 Å². The third-order valence-corrected chi connectivity index (χ3v) is 1.62. The standard InChI is InChI=1S/C8H9Cl/c1-2-7-4-3-5-8(9)6-7/h2-5,8H,1,6H2. The molecule has 0 aromatic rings. The first-order valence-electron chi connectivity index (χ1n) is 2.97. The third-order valence-electron chi connectivity index (χ3n) is 1.32. The molecule has 0 nitrogen and oxygen atoms in total. The fourth-order valence-electron chi connectivity index (χ4n) is 0.812. The average Bonchev–Trinajstić information content (AvgIpc) is 1.88. The van der Waals surface area contributed by atoms with E-state index in [4.69, 9.17) is 11.6 Å². The Balaban J connectivity index is 2.65. The molecule has 1 rings (SSSR count). The van der Waals surface area contributed by atoms with Crippen LogP contribution in [0.3, 0.4) is 0 Å². The van der Waals surface area contributed by atoms with Crippen molar-refractivity contribution in [2.45, 2.75) is 11.8 Å². The van der Waals surface area contributed by atoms with Gasteiger partial charge in [-0.2, -0.15) is 0 Å². The Morgan fingerprint density at radius 1 is 1.78 bits per heavy atom. The van der Waals surface area contributed by atoms with Crippen molar-refractivity contribution in [2.75, 3.05) is 0 Å². The first kappa shape index (κ1) is 6.63. The Morgan fingerprint density at radius 2 is 2.56 bits per heavy atom. The molecule has 0 spiro atoms. The summed E-state index contributed by atoms with van der Waals surface area (Å²) in [6.45, 7) is 3.66. The lowest BCUT2D eigenvalue weighted by molar-refractivity contribution is 0.999. The molecule has 1 aliphatic carbocycles. The van der Waals surface area contributed by atoms with Crippen molar-refractivity contribution in [3.8, 4) is 0 Å². The van der Waals surface area contributed by atoms with Crippen LogP contribution in [-0.4, -0.2) is 5.38 Å². The van der Waals surface area contributed by atoms with E-state index in [1.807, 2.05) is 24.3 Å². The van der Waals surface area contributed by atoms with Crippen molar-refractivity contribution in [3.05, 3.63) is 36.5 Å². The molecule has 0 amide bonds. The van der Waals surface area contributed by atoms with Crippen LogP contribution < -0.4 is 0 Å². The zero-order valence-corrected chi connectivity index (χ0v) is 5.93. The molecule has 1 atom stereocenters. The molecule has 1 heteroatoms. The highest BCUT2D eigenvalue weighted by atomic mass is 35.5. The normalized spacial score (nSPS) is 25.4. The van der Waals surface area contributed by atoms with Crippen molar-refractivity contribution >= 4 is 11.6 Å². The maximum atomic E-state index is 5.81. The van der Waals surface area contributed by atoms with Gasteiger partial charge in [-0.05, 0) is 12.0 Å². The largest absolute Gasteiger partial charge is 0.118 e. The molecule has 0 aromatic carbocycles. The van der Waals surface area contributed by atoms with Gasteiger partial charge in [0, 0.05) is 0 Å². The van der Waals surface area contributed by atoms with Crippen LogP contribution in [0, 0.1) is 0 Å². The number of alkyl halides is 1. The topological polar surface area (TPSA) is 0 Å². The lowest BCUT2D eigenvalue weighted by atomic mass is 10.1. The van der Waals surface area contributed by atoms with Crippen molar-refractivity contribution < 1.29 is 0 Å². The van der Waals surface area contributed by atoms with Crippen LogP contribution in [0.25, 0.3) is 0 Å². The molecule has 48 valence electrons. The van der Waals surface area contributed by atoms with Crippen LogP contribution in [0.15, 0.2) is 36.5 Å². The zero-order valence-electron chi connectivity index (χ0n) is 5.18. The van der Waals surface area contributed by atoms with Crippen LogP contribution in [0.1, 0.15) is 6.42 Å². The van der Waals surface area contributed by atoms with Gasteiger partial charge in [0.15, 0.2) is 0 Å². The van der Waals surface area contributed by atoms with Gasteiger partial charge in [0.05, 0.1) is 5.38 Å². The number of halogens is 1. The summed E-state index contributed by atoms with van der Waals surface area (Å²) in [5, 5.41) is 0.169. The predicted octanol–water partition coefficient (Wildman–Crippen LogP) is 2.67. The molecule has 0 saturated heterocycles. The molecule has 0 N–H and O–H groups in total. The highest BCUT2D eigenvalue weighted by molar-refractivity contribution is 6.22. The summed E-state index contributed by atoms with van der Waals surface area (Å²) in [5.41, 5.74) is 1.22. The molecule has 0 heterocycles. The molecule has 0 bridgehead atoms. The van der Waals surface area contributed by atoms with Gasteiger partial charge in [0.2, 0.25) is 0 Å². The predicted molar refractivity (Wildman–Crippen MR) is 41.7 cm³/mol. The van der Waals surface area contributed by atoms with E-state index in [1.54, 1.807) is 0 Å². The van der Waals surface area contributed by atoms with Gasteiger partial charge < -0.3 is 0 Å². The molecule has 0 radical (unpaired) electrons. The van der Waals surface area contributed by atoms with E-state index < -0.39 is 0 Å². The Labute approximate surface area is 60.5 Å². The smallest absolute Gasteiger partial charge is 0.0559 e. The van der Waals surface area contributed by atoms with Crippen LogP contribution in [-0.2, 0) is 0 Å². The second-order valence-electron chi connectivity index (χ2n) is 2.05. The summed E-state index contributed by atoms with van der Waals surface area (Å²) in [6, 6.07) is 0. The van der Waals surface area contributed by atoms with E-state index in [2.05, 4.69) is 6.58 Å². The summed E-state index contributed by atoms with van der Waals surface area (Å²) >= 11 is 5.81. The molecule has 9 heavy (non-hydrogen) atoms. The van der Waals surface area contributed by atoms with Gasteiger partial charge in [-0.1, -0.05) is 30.9 Å². The van der Waals surface area contributed by atoms with Crippen LogP contribution in [0.2, 0.25) is 0 Å². The highest BCUT2D eigenvalue weighted by Crippen LogP contribution is 2.17. The van der Waals surface area contributed by atoms with E-state index in [0.717, 1.165) is 6.42 Å². The Hall–Kier alpha value is -0.490. The SMILES string of the molecule is C=CC1=CC=CC(Cl)C1. The number of rotatable bonds is 1. The minimum Gasteiger partial charge on any atom is -0.118 e. The molecular weight excluding hydrogens is 132 g/mol. The molecule has 1 aliphatic rings. The Morgan fingerprint density at radius 3 is 3.00 bits per heavy atom. The van der Waals surface area contributed by atoms with Gasteiger partial charge >= 0.3 is 0 Å². The van der Waals surface area contributed by atoms with E-state index in [-0.39, 0.29) is 5.38 Å². The minimum atomic E-state index is 0.169. The summed E-state index contributed by atoms with van der Waals surface area (Å²) in [5.74, 6) is 0. The molecule has 0 aliphatic heterocycles. The maximum absolute atomic E-state index is 5.81. The number of allylic oxidation sites excluding steroid dienone is 5. The van der Waals surface area contributed by atoms with Crippen LogP contribution >= 0.6 is 11.6 Å². The lowest BCUT2D eigenvalue weighted by Gasteiger charge is -2.07. The summed E-state index contributed by atoms with van der Waals surface area (Å²) in [6.07, 6.45) is 8.75. The van der Waals surface area contributed by atoms with Crippen molar-refractivity contribution in [3.63, 3.8) is 0 Å². The van der Waals surface area contributed by atoms with E-state index in [9.17, 15) is 0 Å². The van der Waals surface area contributed by atoms with Gasteiger partial charge in [-0.15, -0.1) is 11.6 Å². The van der Waals surface area contributed by atoms with Crippen molar-refractivity contribution in [1.82, 2.24) is 0 Å². The summed E-state index contributed by atoms with van der Waals surface area (Å²) < 4.78 is 0. The van der Waals surface area contributed by atoms with Crippen LogP contribution in [0.4, 0.5) is 0 Å². The van der Waals surface area contributed by atoms with Crippen molar-refractivity contribution in [1.29, 1.82) is 0 Å². The molecular formula is C8H9Cl. The molecule has 0 fully saturated rings. The number of hydrogen-bond donors (Lipinski definition) is 0. The Kier molecular flexibility index (Phi) is 2.12. The zero-order chi connectivity index (χ0) is 6.69. The second-order valence-corrected chi connectivity index (χ2v) is 2.61. The molecule has 0 saturated carbocycles. The van der Waals surface area contributed by atoms with E-state index in [1.165, 1.54) is 5.57 Å². The highest BCUT2D eigenvalue weighted by Gasteiger charge is 2.03. The van der Waals surface area contributed by atoms with Crippen LogP contribution in [0.5, 0.6) is 0 Å². The first-order valence-corrected chi connectivity index (χ1v) is 3.40.